The lowest BCUT2D eigenvalue weighted by Gasteiger charge is -2.16. The number of para-hydroxylation sites is 1. The van der Waals surface area contributed by atoms with Crippen molar-refractivity contribution in [1.29, 1.82) is 0 Å². The number of rotatable bonds is 1. The largest absolute Gasteiger partial charge is 0.304 e. The highest BCUT2D eigenvalue weighted by Crippen LogP contribution is 2.36. The number of carbonyl (C=O) groups excluding carboxylic acids is 2. The van der Waals surface area contributed by atoms with E-state index in [4.69, 9.17) is 11.6 Å². The predicted octanol–water partition coefficient (Wildman–Crippen LogP) is 3.20. The van der Waals surface area contributed by atoms with Crippen molar-refractivity contribution in [3.05, 3.63) is 59.1 Å². The zero-order valence-electron chi connectivity index (χ0n) is 9.26. The van der Waals surface area contributed by atoms with Crippen molar-refractivity contribution in [2.45, 2.75) is 0 Å². The van der Waals surface area contributed by atoms with Gasteiger partial charge in [0.15, 0.2) is 0 Å². The van der Waals surface area contributed by atoms with E-state index >= 15 is 0 Å². The molecule has 0 radical (unpaired) electrons. The van der Waals surface area contributed by atoms with Crippen LogP contribution in [0.3, 0.4) is 0 Å². The van der Waals surface area contributed by atoms with E-state index in [1.165, 1.54) is 4.90 Å². The molecule has 1 amide bonds. The standard InChI is InChI=1S/C14H8ClNO2/c15-9-6-7-11-12(8-9)16(14(18)13(11)17)10-4-2-1-3-5-10/h1-8H. The molecule has 1 heterocycles. The Balaban J connectivity index is 2.21. The van der Waals surface area contributed by atoms with Gasteiger partial charge in [0.05, 0.1) is 11.3 Å². The summed E-state index contributed by atoms with van der Waals surface area (Å²) < 4.78 is 0. The molecular weight excluding hydrogens is 250 g/mol. The molecule has 2 aromatic rings. The quantitative estimate of drug-likeness (QED) is 0.736. The fraction of sp³-hybridized carbons (Fsp3) is 0. The van der Waals surface area contributed by atoms with Crippen LogP contribution >= 0.6 is 11.6 Å². The van der Waals surface area contributed by atoms with Crippen molar-refractivity contribution in [3.8, 4) is 0 Å². The highest BCUT2D eigenvalue weighted by molar-refractivity contribution is 6.54. The molecule has 1 aliphatic rings. The van der Waals surface area contributed by atoms with Gasteiger partial charge in [-0.2, -0.15) is 0 Å². The topological polar surface area (TPSA) is 37.4 Å². The first kappa shape index (κ1) is 11.0. The second-order valence-electron chi connectivity index (χ2n) is 3.97. The minimum atomic E-state index is -0.543. The Labute approximate surface area is 109 Å². The van der Waals surface area contributed by atoms with Gasteiger partial charge in [-0.25, -0.2) is 0 Å². The van der Waals surface area contributed by atoms with Gasteiger partial charge < -0.3 is 0 Å². The van der Waals surface area contributed by atoms with E-state index in [2.05, 4.69) is 0 Å². The molecule has 2 aromatic carbocycles. The number of hydrogen-bond acceptors (Lipinski definition) is 2. The van der Waals surface area contributed by atoms with Crippen molar-refractivity contribution in [2.75, 3.05) is 4.90 Å². The lowest BCUT2D eigenvalue weighted by atomic mass is 10.1. The number of hydrogen-bond donors (Lipinski definition) is 0. The van der Waals surface area contributed by atoms with Gasteiger partial charge in [-0.3, -0.25) is 14.5 Å². The number of benzene rings is 2. The first-order valence-corrected chi connectivity index (χ1v) is 5.79. The summed E-state index contributed by atoms with van der Waals surface area (Å²) >= 11 is 5.92. The number of ketones is 1. The summed E-state index contributed by atoms with van der Waals surface area (Å²) in [6.07, 6.45) is 0. The third kappa shape index (κ3) is 1.52. The fourth-order valence-corrected chi connectivity index (χ4v) is 2.21. The highest BCUT2D eigenvalue weighted by Gasteiger charge is 2.36. The third-order valence-corrected chi connectivity index (χ3v) is 3.09. The minimum Gasteiger partial charge on any atom is -0.283 e. The number of Topliss-reactive ketones (excluding diaryl/α,β-unsaturated/α-hetero) is 1. The van der Waals surface area contributed by atoms with Crippen LogP contribution in [0.5, 0.6) is 0 Å². The van der Waals surface area contributed by atoms with E-state index in [-0.39, 0.29) is 0 Å². The molecule has 0 saturated heterocycles. The lowest BCUT2D eigenvalue weighted by Crippen LogP contribution is -2.24. The van der Waals surface area contributed by atoms with E-state index in [1.807, 2.05) is 18.2 Å². The highest BCUT2D eigenvalue weighted by atomic mass is 35.5. The summed E-state index contributed by atoms with van der Waals surface area (Å²) in [5.41, 5.74) is 1.61. The number of amides is 1. The number of nitrogens with zero attached hydrogens (tertiary/aromatic N) is 1. The molecule has 18 heavy (non-hydrogen) atoms. The Bertz CT molecular complexity index is 652. The van der Waals surface area contributed by atoms with Crippen LogP contribution in [0.1, 0.15) is 10.4 Å². The molecule has 0 bridgehead atoms. The maximum Gasteiger partial charge on any atom is 0.304 e. The average molecular weight is 258 g/mol. The Morgan fingerprint density at radius 2 is 1.67 bits per heavy atom. The lowest BCUT2D eigenvalue weighted by molar-refractivity contribution is -0.113. The molecule has 0 N–H and O–H groups in total. The molecule has 88 valence electrons. The number of halogens is 1. The third-order valence-electron chi connectivity index (χ3n) is 2.86. The predicted molar refractivity (Wildman–Crippen MR) is 69.4 cm³/mol. The first-order valence-electron chi connectivity index (χ1n) is 5.42. The minimum absolute atomic E-state index is 0.397. The molecule has 0 aromatic heterocycles. The second-order valence-corrected chi connectivity index (χ2v) is 4.40. The van der Waals surface area contributed by atoms with Crippen LogP contribution in [0, 0.1) is 0 Å². The summed E-state index contributed by atoms with van der Waals surface area (Å²) in [6, 6.07) is 13.9. The fourth-order valence-electron chi connectivity index (χ4n) is 2.04. The van der Waals surface area contributed by atoms with Gasteiger partial charge in [-0.15, -0.1) is 0 Å². The molecule has 1 aliphatic heterocycles. The van der Waals surface area contributed by atoms with Crippen LogP contribution in [0.4, 0.5) is 11.4 Å². The molecule has 0 spiro atoms. The van der Waals surface area contributed by atoms with Crippen LogP contribution in [0.2, 0.25) is 5.02 Å². The molecule has 0 aliphatic carbocycles. The van der Waals surface area contributed by atoms with Gasteiger partial charge in [-0.1, -0.05) is 29.8 Å². The molecule has 3 nitrogen and oxygen atoms in total. The molecule has 3 rings (SSSR count). The molecule has 0 fully saturated rings. The first-order chi connectivity index (χ1) is 8.68. The van der Waals surface area contributed by atoms with Crippen LogP contribution in [-0.2, 0) is 4.79 Å². The van der Waals surface area contributed by atoms with Crippen molar-refractivity contribution in [1.82, 2.24) is 0 Å². The van der Waals surface area contributed by atoms with Crippen LogP contribution in [-0.4, -0.2) is 11.7 Å². The normalized spacial score (nSPS) is 13.9. The molecule has 4 heteroatoms. The summed E-state index contributed by atoms with van der Waals surface area (Å²) in [7, 11) is 0. The van der Waals surface area contributed by atoms with E-state index in [9.17, 15) is 9.59 Å². The SMILES string of the molecule is O=C1C(=O)N(c2ccccc2)c2cc(Cl)ccc21. The number of anilines is 2. The Hall–Kier alpha value is -2.13. The maximum absolute atomic E-state index is 12.0. The summed E-state index contributed by atoms with van der Waals surface area (Å²) in [4.78, 5) is 25.3. The summed E-state index contributed by atoms with van der Waals surface area (Å²) in [6.45, 7) is 0. The molecular formula is C14H8ClNO2. The van der Waals surface area contributed by atoms with E-state index < -0.39 is 11.7 Å². The van der Waals surface area contributed by atoms with Gasteiger partial charge >= 0.3 is 5.91 Å². The molecule has 0 atom stereocenters. The van der Waals surface area contributed by atoms with E-state index in [1.54, 1.807) is 30.3 Å². The van der Waals surface area contributed by atoms with Crippen LogP contribution < -0.4 is 4.90 Å². The van der Waals surface area contributed by atoms with E-state index in [0.717, 1.165) is 0 Å². The van der Waals surface area contributed by atoms with Crippen molar-refractivity contribution < 1.29 is 9.59 Å². The van der Waals surface area contributed by atoms with Crippen molar-refractivity contribution in [2.24, 2.45) is 0 Å². The Morgan fingerprint density at radius 3 is 2.39 bits per heavy atom. The van der Waals surface area contributed by atoms with Crippen molar-refractivity contribution in [3.63, 3.8) is 0 Å². The van der Waals surface area contributed by atoms with Gasteiger partial charge in [0.1, 0.15) is 0 Å². The molecule has 0 saturated carbocycles. The van der Waals surface area contributed by atoms with Gasteiger partial charge in [0.25, 0.3) is 5.78 Å². The van der Waals surface area contributed by atoms with Gasteiger partial charge in [0, 0.05) is 10.7 Å². The zero-order chi connectivity index (χ0) is 12.7. The zero-order valence-corrected chi connectivity index (χ0v) is 10.0. The smallest absolute Gasteiger partial charge is 0.283 e. The maximum atomic E-state index is 12.0. The summed E-state index contributed by atoms with van der Waals surface area (Å²) in [5, 5.41) is 0.497. The van der Waals surface area contributed by atoms with Gasteiger partial charge in [0.2, 0.25) is 0 Å². The Kier molecular flexibility index (Phi) is 2.42. The summed E-state index contributed by atoms with van der Waals surface area (Å²) in [5.74, 6) is -1.04. The Morgan fingerprint density at radius 1 is 0.944 bits per heavy atom. The van der Waals surface area contributed by atoms with E-state index in [0.29, 0.717) is 22.0 Å². The van der Waals surface area contributed by atoms with Crippen LogP contribution in [0.25, 0.3) is 0 Å². The van der Waals surface area contributed by atoms with Crippen molar-refractivity contribution >= 4 is 34.7 Å². The van der Waals surface area contributed by atoms with Crippen LogP contribution in [0.15, 0.2) is 48.5 Å². The second kappa shape index (κ2) is 3.96. The van der Waals surface area contributed by atoms with Gasteiger partial charge in [-0.05, 0) is 30.3 Å². The number of fused-ring (bicyclic) bond motifs is 1. The average Bonchev–Trinajstić information content (AvgIpc) is 2.63. The monoisotopic (exact) mass is 257 g/mol. The molecule has 0 unspecified atom stereocenters. The number of carbonyl (C=O) groups is 2.